The molecule has 3 nitrogen and oxygen atoms in total. The first kappa shape index (κ1) is 7.31. The van der Waals surface area contributed by atoms with Crippen molar-refractivity contribution in [2.45, 2.75) is 19.9 Å². The number of furan rings is 1. The number of nitrogens with one attached hydrogen (secondary N) is 1. The van der Waals surface area contributed by atoms with Gasteiger partial charge in [-0.1, -0.05) is 6.92 Å². The van der Waals surface area contributed by atoms with Crippen molar-refractivity contribution in [3.8, 4) is 0 Å². The molecule has 3 heteroatoms. The Balaban J connectivity index is 2.59. The van der Waals surface area contributed by atoms with Gasteiger partial charge in [0.1, 0.15) is 11.5 Å². The molecule has 0 aliphatic heterocycles. The Morgan fingerprint density at radius 3 is 2.70 bits per heavy atom. The highest BCUT2D eigenvalue weighted by molar-refractivity contribution is 5.06. The molecule has 1 aromatic rings. The highest BCUT2D eigenvalue weighted by atomic mass is 16.3. The fraction of sp³-hybridized carbons (Fsp3) is 0.429. The SMILES string of the molecule is CCc1ccc(CNN)o1. The van der Waals surface area contributed by atoms with Crippen LogP contribution in [0.25, 0.3) is 0 Å². The van der Waals surface area contributed by atoms with Crippen LogP contribution in [0.3, 0.4) is 0 Å². The van der Waals surface area contributed by atoms with Crippen molar-refractivity contribution in [3.63, 3.8) is 0 Å². The van der Waals surface area contributed by atoms with Crippen LogP contribution < -0.4 is 11.3 Å². The molecule has 0 spiro atoms. The van der Waals surface area contributed by atoms with E-state index in [-0.39, 0.29) is 0 Å². The van der Waals surface area contributed by atoms with Gasteiger partial charge in [0.2, 0.25) is 0 Å². The van der Waals surface area contributed by atoms with Crippen molar-refractivity contribution in [1.82, 2.24) is 5.43 Å². The molecule has 0 bridgehead atoms. The number of hydrazine groups is 1. The molecule has 1 aromatic heterocycles. The zero-order valence-corrected chi connectivity index (χ0v) is 6.05. The first-order chi connectivity index (χ1) is 4.86. The highest BCUT2D eigenvalue weighted by Gasteiger charge is 1.96. The first-order valence-corrected chi connectivity index (χ1v) is 3.38. The van der Waals surface area contributed by atoms with Crippen LogP contribution in [0.4, 0.5) is 0 Å². The molecule has 0 aliphatic rings. The largest absolute Gasteiger partial charge is 0.465 e. The van der Waals surface area contributed by atoms with Crippen molar-refractivity contribution in [1.29, 1.82) is 0 Å². The molecule has 0 unspecified atom stereocenters. The molecule has 0 radical (unpaired) electrons. The van der Waals surface area contributed by atoms with Crippen molar-refractivity contribution in [2.24, 2.45) is 5.84 Å². The maximum Gasteiger partial charge on any atom is 0.119 e. The lowest BCUT2D eigenvalue weighted by Gasteiger charge is -1.92. The predicted octanol–water partition coefficient (Wildman–Crippen LogP) is 0.805. The Labute approximate surface area is 60.2 Å². The van der Waals surface area contributed by atoms with E-state index >= 15 is 0 Å². The molecule has 3 N–H and O–H groups in total. The van der Waals surface area contributed by atoms with E-state index < -0.39 is 0 Å². The highest BCUT2D eigenvalue weighted by Crippen LogP contribution is 2.06. The van der Waals surface area contributed by atoms with Crippen LogP contribution in [0, 0.1) is 0 Å². The minimum atomic E-state index is 0.597. The van der Waals surface area contributed by atoms with Crippen LogP contribution >= 0.6 is 0 Å². The van der Waals surface area contributed by atoms with Gasteiger partial charge in [-0.3, -0.25) is 11.3 Å². The van der Waals surface area contributed by atoms with Crippen molar-refractivity contribution in [2.75, 3.05) is 0 Å². The molecule has 56 valence electrons. The van der Waals surface area contributed by atoms with Gasteiger partial charge in [0.25, 0.3) is 0 Å². The van der Waals surface area contributed by atoms with E-state index in [0.717, 1.165) is 17.9 Å². The fourth-order valence-corrected chi connectivity index (χ4v) is 0.808. The van der Waals surface area contributed by atoms with E-state index in [0.29, 0.717) is 6.54 Å². The summed E-state index contributed by atoms with van der Waals surface area (Å²) in [5, 5.41) is 0. The normalized spacial score (nSPS) is 10.2. The fourth-order valence-electron chi connectivity index (χ4n) is 0.808. The summed E-state index contributed by atoms with van der Waals surface area (Å²) in [6.07, 6.45) is 0.935. The second-order valence-corrected chi connectivity index (χ2v) is 2.10. The number of hydrogen-bond acceptors (Lipinski definition) is 3. The zero-order valence-electron chi connectivity index (χ0n) is 6.05. The monoisotopic (exact) mass is 140 g/mol. The number of aryl methyl sites for hydroxylation is 1. The van der Waals surface area contributed by atoms with E-state index in [1.807, 2.05) is 12.1 Å². The molecule has 0 fully saturated rings. The van der Waals surface area contributed by atoms with E-state index in [2.05, 4.69) is 12.3 Å². The topological polar surface area (TPSA) is 51.2 Å². The second-order valence-electron chi connectivity index (χ2n) is 2.10. The summed E-state index contributed by atoms with van der Waals surface area (Å²) in [7, 11) is 0. The summed E-state index contributed by atoms with van der Waals surface area (Å²) in [5.74, 6) is 6.99. The Bertz CT molecular complexity index is 195. The standard InChI is InChI=1S/C7H12N2O/c1-2-6-3-4-7(10-6)5-9-8/h3-4,9H,2,5,8H2,1H3. The molecule has 0 aliphatic carbocycles. The minimum absolute atomic E-state index is 0.597. The number of hydrogen-bond donors (Lipinski definition) is 2. The first-order valence-electron chi connectivity index (χ1n) is 3.38. The van der Waals surface area contributed by atoms with Gasteiger partial charge < -0.3 is 4.42 Å². The lowest BCUT2D eigenvalue weighted by molar-refractivity contribution is 0.453. The van der Waals surface area contributed by atoms with Crippen LogP contribution in [-0.4, -0.2) is 0 Å². The number of rotatable bonds is 3. The Morgan fingerprint density at radius 2 is 2.20 bits per heavy atom. The summed E-state index contributed by atoms with van der Waals surface area (Å²) in [6, 6.07) is 3.89. The molecule has 0 atom stereocenters. The van der Waals surface area contributed by atoms with E-state index in [1.165, 1.54) is 0 Å². The quantitative estimate of drug-likeness (QED) is 0.482. The van der Waals surface area contributed by atoms with Crippen molar-refractivity contribution < 1.29 is 4.42 Å². The zero-order chi connectivity index (χ0) is 7.40. The van der Waals surface area contributed by atoms with Crippen LogP contribution in [0.2, 0.25) is 0 Å². The third-order valence-electron chi connectivity index (χ3n) is 1.34. The summed E-state index contributed by atoms with van der Waals surface area (Å²) >= 11 is 0. The third-order valence-corrected chi connectivity index (χ3v) is 1.34. The molecular weight excluding hydrogens is 128 g/mol. The molecule has 1 heterocycles. The lowest BCUT2D eigenvalue weighted by atomic mass is 10.4. The van der Waals surface area contributed by atoms with Crippen LogP contribution in [-0.2, 0) is 13.0 Å². The molecule has 0 saturated heterocycles. The maximum absolute atomic E-state index is 5.33. The van der Waals surface area contributed by atoms with Crippen LogP contribution in [0.5, 0.6) is 0 Å². The predicted molar refractivity (Wildman–Crippen MR) is 39.1 cm³/mol. The molecule has 0 amide bonds. The number of nitrogens with two attached hydrogens (primary N) is 1. The van der Waals surface area contributed by atoms with Gasteiger partial charge in [0, 0.05) is 6.42 Å². The van der Waals surface area contributed by atoms with Crippen LogP contribution in [0.15, 0.2) is 16.5 Å². The average molecular weight is 140 g/mol. The third kappa shape index (κ3) is 1.59. The van der Waals surface area contributed by atoms with E-state index in [9.17, 15) is 0 Å². The molecule has 0 saturated carbocycles. The van der Waals surface area contributed by atoms with Gasteiger partial charge in [-0.05, 0) is 12.1 Å². The van der Waals surface area contributed by atoms with Gasteiger partial charge in [0.05, 0.1) is 6.54 Å². The molecule has 10 heavy (non-hydrogen) atoms. The van der Waals surface area contributed by atoms with Gasteiger partial charge in [-0.2, -0.15) is 0 Å². The van der Waals surface area contributed by atoms with Crippen molar-refractivity contribution >= 4 is 0 Å². The summed E-state index contributed by atoms with van der Waals surface area (Å²) < 4.78 is 5.33. The van der Waals surface area contributed by atoms with Gasteiger partial charge in [-0.25, -0.2) is 0 Å². The Kier molecular flexibility index (Phi) is 2.48. The average Bonchev–Trinajstić information content (AvgIpc) is 2.37. The van der Waals surface area contributed by atoms with Gasteiger partial charge >= 0.3 is 0 Å². The maximum atomic E-state index is 5.33. The molecule has 1 rings (SSSR count). The van der Waals surface area contributed by atoms with Gasteiger partial charge in [0.15, 0.2) is 0 Å². The summed E-state index contributed by atoms with van der Waals surface area (Å²) in [5.41, 5.74) is 2.53. The van der Waals surface area contributed by atoms with Gasteiger partial charge in [-0.15, -0.1) is 0 Å². The molecular formula is C7H12N2O. The lowest BCUT2D eigenvalue weighted by Crippen LogP contribution is -2.20. The van der Waals surface area contributed by atoms with E-state index in [1.54, 1.807) is 0 Å². The second kappa shape index (κ2) is 3.39. The summed E-state index contributed by atoms with van der Waals surface area (Å²) in [6.45, 7) is 2.65. The Morgan fingerprint density at radius 1 is 1.50 bits per heavy atom. The van der Waals surface area contributed by atoms with E-state index in [4.69, 9.17) is 10.3 Å². The Hall–Kier alpha value is -0.800. The van der Waals surface area contributed by atoms with Crippen molar-refractivity contribution in [3.05, 3.63) is 23.7 Å². The minimum Gasteiger partial charge on any atom is -0.465 e. The smallest absolute Gasteiger partial charge is 0.119 e. The van der Waals surface area contributed by atoms with Crippen LogP contribution in [0.1, 0.15) is 18.4 Å². The molecule has 0 aromatic carbocycles. The summed E-state index contributed by atoms with van der Waals surface area (Å²) in [4.78, 5) is 0.